The lowest BCUT2D eigenvalue weighted by Crippen LogP contribution is -2.11. The van der Waals surface area contributed by atoms with Crippen molar-refractivity contribution in [3.05, 3.63) is 28.8 Å². The molecule has 0 aliphatic rings. The van der Waals surface area contributed by atoms with Crippen molar-refractivity contribution < 1.29 is 8.42 Å². The SMILES string of the molecule is CCS(=O)(=O)c1cc(C)c(C)cc1CN.Cl. The van der Waals surface area contributed by atoms with Gasteiger partial charge in [0.25, 0.3) is 0 Å². The quantitative estimate of drug-likeness (QED) is 0.907. The maximum Gasteiger partial charge on any atom is 0.178 e. The van der Waals surface area contributed by atoms with E-state index in [4.69, 9.17) is 5.73 Å². The van der Waals surface area contributed by atoms with Gasteiger partial charge in [-0.05, 0) is 36.6 Å². The molecule has 0 spiro atoms. The Balaban J connectivity index is 0.00000225. The van der Waals surface area contributed by atoms with Crippen LogP contribution < -0.4 is 5.73 Å². The first-order chi connectivity index (χ1) is 6.92. The molecule has 16 heavy (non-hydrogen) atoms. The fourth-order valence-corrected chi connectivity index (χ4v) is 2.66. The number of aryl methyl sites for hydroxylation is 2. The Morgan fingerprint density at radius 2 is 1.69 bits per heavy atom. The van der Waals surface area contributed by atoms with E-state index in [-0.39, 0.29) is 24.7 Å². The average Bonchev–Trinajstić information content (AvgIpc) is 2.21. The van der Waals surface area contributed by atoms with Gasteiger partial charge in [-0.2, -0.15) is 0 Å². The number of sulfone groups is 1. The van der Waals surface area contributed by atoms with E-state index in [1.54, 1.807) is 13.0 Å². The van der Waals surface area contributed by atoms with E-state index in [0.29, 0.717) is 10.5 Å². The average molecular weight is 264 g/mol. The van der Waals surface area contributed by atoms with Crippen molar-refractivity contribution in [3.63, 3.8) is 0 Å². The highest BCUT2D eigenvalue weighted by atomic mass is 35.5. The zero-order valence-electron chi connectivity index (χ0n) is 9.78. The molecule has 0 radical (unpaired) electrons. The third-order valence-corrected chi connectivity index (χ3v) is 4.42. The highest BCUT2D eigenvalue weighted by molar-refractivity contribution is 7.91. The smallest absolute Gasteiger partial charge is 0.178 e. The number of benzene rings is 1. The molecule has 1 aromatic rings. The van der Waals surface area contributed by atoms with Gasteiger partial charge in [-0.25, -0.2) is 8.42 Å². The number of hydrogen-bond donors (Lipinski definition) is 1. The number of halogens is 1. The summed E-state index contributed by atoms with van der Waals surface area (Å²) in [6.45, 7) is 5.77. The number of nitrogens with two attached hydrogens (primary N) is 1. The predicted octanol–water partition coefficient (Wildman–Crippen LogP) is 1.98. The molecule has 1 aromatic carbocycles. The van der Waals surface area contributed by atoms with Gasteiger partial charge in [0.05, 0.1) is 10.6 Å². The molecule has 0 heterocycles. The third-order valence-electron chi connectivity index (χ3n) is 2.61. The number of hydrogen-bond acceptors (Lipinski definition) is 3. The van der Waals surface area contributed by atoms with Crippen LogP contribution in [0.4, 0.5) is 0 Å². The summed E-state index contributed by atoms with van der Waals surface area (Å²) < 4.78 is 23.6. The zero-order valence-corrected chi connectivity index (χ0v) is 11.4. The van der Waals surface area contributed by atoms with Crippen LogP contribution in [-0.4, -0.2) is 14.2 Å². The van der Waals surface area contributed by atoms with Gasteiger partial charge in [0.1, 0.15) is 0 Å². The van der Waals surface area contributed by atoms with E-state index in [2.05, 4.69) is 0 Å². The molecule has 0 aliphatic carbocycles. The van der Waals surface area contributed by atoms with Crippen molar-refractivity contribution in [2.45, 2.75) is 32.2 Å². The lowest BCUT2D eigenvalue weighted by molar-refractivity contribution is 0.596. The van der Waals surface area contributed by atoms with Crippen molar-refractivity contribution in [2.75, 3.05) is 5.75 Å². The summed E-state index contributed by atoms with van der Waals surface area (Å²) in [7, 11) is -3.16. The Morgan fingerprint density at radius 1 is 1.19 bits per heavy atom. The van der Waals surface area contributed by atoms with E-state index < -0.39 is 9.84 Å². The van der Waals surface area contributed by atoms with Crippen LogP contribution in [0.25, 0.3) is 0 Å². The Hall–Kier alpha value is -0.580. The van der Waals surface area contributed by atoms with Crippen molar-refractivity contribution >= 4 is 22.2 Å². The van der Waals surface area contributed by atoms with Gasteiger partial charge in [-0.1, -0.05) is 13.0 Å². The molecule has 0 bridgehead atoms. The van der Waals surface area contributed by atoms with Gasteiger partial charge in [-0.3, -0.25) is 0 Å². The summed E-state index contributed by atoms with van der Waals surface area (Å²) in [5, 5.41) is 0. The molecule has 92 valence electrons. The van der Waals surface area contributed by atoms with Crippen molar-refractivity contribution in [3.8, 4) is 0 Å². The van der Waals surface area contributed by atoms with Gasteiger partial charge in [-0.15, -0.1) is 12.4 Å². The van der Waals surface area contributed by atoms with Crippen LogP contribution in [0.3, 0.4) is 0 Å². The molecule has 0 amide bonds. The van der Waals surface area contributed by atoms with Gasteiger partial charge in [0.15, 0.2) is 9.84 Å². The third kappa shape index (κ3) is 2.97. The van der Waals surface area contributed by atoms with Crippen LogP contribution in [0.15, 0.2) is 17.0 Å². The molecule has 0 saturated heterocycles. The summed E-state index contributed by atoms with van der Waals surface area (Å²) in [5.41, 5.74) is 8.32. The van der Waals surface area contributed by atoms with E-state index >= 15 is 0 Å². The fraction of sp³-hybridized carbons (Fsp3) is 0.455. The Morgan fingerprint density at radius 3 is 2.12 bits per heavy atom. The summed E-state index contributed by atoms with van der Waals surface area (Å²) in [5.74, 6) is 0.114. The maximum absolute atomic E-state index is 11.8. The summed E-state index contributed by atoms with van der Waals surface area (Å²) in [6, 6.07) is 3.58. The second-order valence-corrected chi connectivity index (χ2v) is 5.90. The van der Waals surface area contributed by atoms with E-state index in [0.717, 1.165) is 11.1 Å². The monoisotopic (exact) mass is 263 g/mol. The molecule has 0 fully saturated rings. The van der Waals surface area contributed by atoms with Gasteiger partial charge in [0.2, 0.25) is 0 Å². The Labute approximate surface area is 103 Å². The second-order valence-electron chi connectivity index (χ2n) is 3.65. The van der Waals surface area contributed by atoms with Gasteiger partial charge < -0.3 is 5.73 Å². The summed E-state index contributed by atoms with van der Waals surface area (Å²) in [6.07, 6.45) is 0. The first-order valence-electron chi connectivity index (χ1n) is 4.95. The van der Waals surface area contributed by atoms with Crippen molar-refractivity contribution in [2.24, 2.45) is 5.73 Å². The highest BCUT2D eigenvalue weighted by Gasteiger charge is 2.16. The van der Waals surface area contributed by atoms with Crippen molar-refractivity contribution in [1.29, 1.82) is 0 Å². The van der Waals surface area contributed by atoms with Crippen LogP contribution in [0, 0.1) is 13.8 Å². The standard InChI is InChI=1S/C11H17NO2S.ClH/c1-4-15(13,14)11-6-9(3)8(2)5-10(11)7-12;/h5-6H,4,7,12H2,1-3H3;1H. The minimum absolute atomic E-state index is 0. The molecular formula is C11H18ClNO2S. The molecule has 2 N–H and O–H groups in total. The topological polar surface area (TPSA) is 60.2 Å². The lowest BCUT2D eigenvalue weighted by atomic mass is 10.1. The molecular weight excluding hydrogens is 246 g/mol. The minimum Gasteiger partial charge on any atom is -0.326 e. The van der Waals surface area contributed by atoms with Crippen LogP contribution >= 0.6 is 12.4 Å². The normalized spacial score (nSPS) is 11.0. The van der Waals surface area contributed by atoms with Gasteiger partial charge in [0, 0.05) is 6.54 Å². The summed E-state index contributed by atoms with van der Waals surface area (Å²) in [4.78, 5) is 0.385. The van der Waals surface area contributed by atoms with E-state index in [9.17, 15) is 8.42 Å². The van der Waals surface area contributed by atoms with Crippen LogP contribution in [0.1, 0.15) is 23.6 Å². The Bertz CT molecular complexity index is 469. The molecule has 0 aromatic heterocycles. The van der Waals surface area contributed by atoms with Crippen LogP contribution in [-0.2, 0) is 16.4 Å². The molecule has 5 heteroatoms. The minimum atomic E-state index is -3.16. The largest absolute Gasteiger partial charge is 0.326 e. The first-order valence-corrected chi connectivity index (χ1v) is 6.60. The molecule has 0 unspecified atom stereocenters. The summed E-state index contributed by atoms with van der Waals surface area (Å²) >= 11 is 0. The molecule has 0 atom stereocenters. The molecule has 0 aliphatic heterocycles. The van der Waals surface area contributed by atoms with Crippen molar-refractivity contribution in [1.82, 2.24) is 0 Å². The molecule has 3 nitrogen and oxygen atoms in total. The Kier molecular flexibility index (Phi) is 5.46. The van der Waals surface area contributed by atoms with Crippen LogP contribution in [0.2, 0.25) is 0 Å². The van der Waals surface area contributed by atoms with E-state index in [1.165, 1.54) is 0 Å². The maximum atomic E-state index is 11.8. The van der Waals surface area contributed by atoms with Gasteiger partial charge >= 0.3 is 0 Å². The first kappa shape index (κ1) is 15.4. The van der Waals surface area contributed by atoms with E-state index in [1.807, 2.05) is 19.9 Å². The highest BCUT2D eigenvalue weighted by Crippen LogP contribution is 2.21. The fourth-order valence-electron chi connectivity index (χ4n) is 1.45. The number of rotatable bonds is 3. The van der Waals surface area contributed by atoms with Crippen LogP contribution in [0.5, 0.6) is 0 Å². The zero-order chi connectivity index (χ0) is 11.6. The lowest BCUT2D eigenvalue weighted by Gasteiger charge is -2.11. The predicted molar refractivity (Wildman–Crippen MR) is 68.8 cm³/mol. The molecule has 0 saturated carbocycles. The second kappa shape index (κ2) is 5.66. The molecule has 1 rings (SSSR count).